The lowest BCUT2D eigenvalue weighted by Crippen LogP contribution is -2.32. The molecule has 1 amide bonds. The zero-order valence-corrected chi connectivity index (χ0v) is 11.7. The second-order valence-electron chi connectivity index (χ2n) is 4.55. The minimum Gasteiger partial charge on any atom is -0.393 e. The van der Waals surface area contributed by atoms with E-state index < -0.39 is 4.92 Å². The van der Waals surface area contributed by atoms with Crippen molar-refractivity contribution in [1.29, 1.82) is 0 Å². The molecular weight excluding hydrogens is 260 g/mol. The van der Waals surface area contributed by atoms with Crippen molar-refractivity contribution < 1.29 is 9.72 Å². The average Bonchev–Trinajstić information content (AvgIpc) is 2.38. The number of hydrogen-bond donors (Lipinski definition) is 3. The molecule has 1 unspecified atom stereocenters. The average molecular weight is 280 g/mol. The molecule has 0 aliphatic heterocycles. The maximum absolute atomic E-state index is 11.6. The molecular formula is C13H20N4O3. The summed E-state index contributed by atoms with van der Waals surface area (Å²) in [7, 11) is 0. The molecule has 7 nitrogen and oxygen atoms in total. The number of para-hydroxylation sites is 1. The topological polar surface area (TPSA) is 110 Å². The predicted octanol–water partition coefficient (Wildman–Crippen LogP) is 1.89. The third-order valence-electron chi connectivity index (χ3n) is 2.94. The Morgan fingerprint density at radius 1 is 1.50 bits per heavy atom. The largest absolute Gasteiger partial charge is 0.393 e. The number of nitrogens with two attached hydrogens (primary N) is 1. The van der Waals surface area contributed by atoms with Gasteiger partial charge in [0.15, 0.2) is 0 Å². The number of amides is 1. The number of nitrogens with one attached hydrogen (secondary N) is 2. The summed E-state index contributed by atoms with van der Waals surface area (Å²) >= 11 is 0. The first-order chi connectivity index (χ1) is 9.45. The molecule has 0 radical (unpaired) electrons. The molecule has 110 valence electrons. The summed E-state index contributed by atoms with van der Waals surface area (Å²) in [5.41, 5.74) is 5.85. The molecule has 20 heavy (non-hydrogen) atoms. The van der Waals surface area contributed by atoms with Crippen LogP contribution in [0.15, 0.2) is 18.2 Å². The molecule has 0 heterocycles. The van der Waals surface area contributed by atoms with Crippen LogP contribution in [0.2, 0.25) is 0 Å². The van der Waals surface area contributed by atoms with E-state index in [0.717, 1.165) is 6.42 Å². The van der Waals surface area contributed by atoms with Crippen molar-refractivity contribution >= 4 is 23.0 Å². The number of anilines is 2. The highest BCUT2D eigenvalue weighted by atomic mass is 16.6. The van der Waals surface area contributed by atoms with Crippen LogP contribution in [-0.2, 0) is 4.79 Å². The van der Waals surface area contributed by atoms with E-state index >= 15 is 0 Å². The molecule has 0 spiro atoms. The van der Waals surface area contributed by atoms with Gasteiger partial charge in [-0.3, -0.25) is 14.9 Å². The Labute approximate surface area is 117 Å². The molecule has 0 bridgehead atoms. The van der Waals surface area contributed by atoms with E-state index in [1.165, 1.54) is 6.07 Å². The van der Waals surface area contributed by atoms with Crippen molar-refractivity contribution in [1.82, 2.24) is 5.32 Å². The maximum atomic E-state index is 11.6. The van der Waals surface area contributed by atoms with Crippen molar-refractivity contribution in [2.24, 2.45) is 0 Å². The zero-order valence-electron chi connectivity index (χ0n) is 11.7. The van der Waals surface area contributed by atoms with Gasteiger partial charge in [-0.25, -0.2) is 0 Å². The normalized spacial score (nSPS) is 11.7. The second-order valence-corrected chi connectivity index (χ2v) is 4.55. The lowest BCUT2D eigenvalue weighted by Gasteiger charge is -2.12. The molecule has 1 rings (SSSR count). The van der Waals surface area contributed by atoms with Crippen LogP contribution < -0.4 is 16.4 Å². The summed E-state index contributed by atoms with van der Waals surface area (Å²) in [6, 6.07) is 4.80. The van der Waals surface area contributed by atoms with E-state index in [1.807, 2.05) is 13.8 Å². The van der Waals surface area contributed by atoms with Crippen LogP contribution in [0.4, 0.5) is 17.1 Å². The highest BCUT2D eigenvalue weighted by Gasteiger charge is 2.17. The molecule has 1 atom stereocenters. The monoisotopic (exact) mass is 280 g/mol. The van der Waals surface area contributed by atoms with Crippen molar-refractivity contribution in [3.05, 3.63) is 28.3 Å². The summed E-state index contributed by atoms with van der Waals surface area (Å²) in [5.74, 6) is -0.0848. The van der Waals surface area contributed by atoms with Gasteiger partial charge in [0.2, 0.25) is 5.91 Å². The lowest BCUT2D eigenvalue weighted by molar-refractivity contribution is -0.383. The Morgan fingerprint density at radius 2 is 2.20 bits per heavy atom. The third-order valence-corrected chi connectivity index (χ3v) is 2.94. The molecule has 0 aliphatic carbocycles. The summed E-state index contributed by atoms with van der Waals surface area (Å²) in [6.07, 6.45) is 1.11. The fraction of sp³-hybridized carbons (Fsp3) is 0.462. The molecule has 1 aromatic rings. The molecule has 0 fully saturated rings. The number of hydrogen-bond acceptors (Lipinski definition) is 5. The number of rotatable bonds is 7. The second kappa shape index (κ2) is 7.32. The van der Waals surface area contributed by atoms with Gasteiger partial charge in [-0.1, -0.05) is 13.0 Å². The van der Waals surface area contributed by atoms with Crippen molar-refractivity contribution in [3.63, 3.8) is 0 Å². The first-order valence-electron chi connectivity index (χ1n) is 6.51. The molecule has 1 aromatic carbocycles. The molecule has 0 aliphatic rings. The van der Waals surface area contributed by atoms with Crippen LogP contribution in [0.25, 0.3) is 0 Å². The first-order valence-corrected chi connectivity index (χ1v) is 6.51. The highest BCUT2D eigenvalue weighted by molar-refractivity contribution is 5.78. The Balaban J connectivity index is 2.57. The number of nitrogens with zero attached hydrogens (tertiary/aromatic N) is 1. The van der Waals surface area contributed by atoms with E-state index in [9.17, 15) is 14.9 Å². The van der Waals surface area contributed by atoms with Crippen LogP contribution in [0, 0.1) is 10.1 Å². The van der Waals surface area contributed by atoms with Crippen molar-refractivity contribution in [3.8, 4) is 0 Å². The van der Waals surface area contributed by atoms with E-state index in [4.69, 9.17) is 5.73 Å². The maximum Gasteiger partial charge on any atom is 0.314 e. The summed E-state index contributed by atoms with van der Waals surface area (Å²) in [6.45, 7) is 4.22. The number of carbonyl (C=O) groups is 1. The Kier molecular flexibility index (Phi) is 5.76. The number of nitrogen functional groups attached to an aromatic ring is 1. The van der Waals surface area contributed by atoms with Gasteiger partial charge in [0.25, 0.3) is 0 Å². The van der Waals surface area contributed by atoms with E-state index in [2.05, 4.69) is 10.6 Å². The van der Waals surface area contributed by atoms with Gasteiger partial charge < -0.3 is 16.4 Å². The first kappa shape index (κ1) is 15.7. The molecule has 7 heteroatoms. The van der Waals surface area contributed by atoms with E-state index in [0.29, 0.717) is 12.2 Å². The van der Waals surface area contributed by atoms with Gasteiger partial charge in [-0.05, 0) is 25.5 Å². The van der Waals surface area contributed by atoms with Gasteiger partial charge in [-0.2, -0.15) is 0 Å². The van der Waals surface area contributed by atoms with Crippen LogP contribution in [0.3, 0.4) is 0 Å². The molecule has 4 N–H and O–H groups in total. The smallest absolute Gasteiger partial charge is 0.314 e. The fourth-order valence-corrected chi connectivity index (χ4v) is 1.67. The zero-order chi connectivity index (χ0) is 15.1. The van der Waals surface area contributed by atoms with Crippen LogP contribution in [0.5, 0.6) is 0 Å². The summed E-state index contributed by atoms with van der Waals surface area (Å²) < 4.78 is 0. The van der Waals surface area contributed by atoms with Gasteiger partial charge in [0.1, 0.15) is 11.4 Å². The Hall–Kier alpha value is -2.31. The van der Waals surface area contributed by atoms with Crippen molar-refractivity contribution in [2.45, 2.75) is 32.7 Å². The summed E-state index contributed by atoms with van der Waals surface area (Å²) in [4.78, 5) is 22.0. The third kappa shape index (κ3) is 4.42. The van der Waals surface area contributed by atoms with Gasteiger partial charge in [0, 0.05) is 19.0 Å². The van der Waals surface area contributed by atoms with Gasteiger partial charge in [-0.15, -0.1) is 0 Å². The van der Waals surface area contributed by atoms with Gasteiger partial charge in [0.05, 0.1) is 4.92 Å². The number of benzene rings is 1. The summed E-state index contributed by atoms with van der Waals surface area (Å²) in [5, 5.41) is 16.6. The van der Waals surface area contributed by atoms with Gasteiger partial charge >= 0.3 is 5.69 Å². The highest BCUT2D eigenvalue weighted by Crippen LogP contribution is 2.30. The quantitative estimate of drug-likeness (QED) is 0.401. The predicted molar refractivity (Wildman–Crippen MR) is 78.5 cm³/mol. The molecule has 0 saturated heterocycles. The van der Waals surface area contributed by atoms with E-state index in [-0.39, 0.29) is 29.7 Å². The minimum atomic E-state index is -0.531. The van der Waals surface area contributed by atoms with Crippen molar-refractivity contribution in [2.75, 3.05) is 17.6 Å². The van der Waals surface area contributed by atoms with Crippen LogP contribution in [0.1, 0.15) is 26.7 Å². The SMILES string of the molecule is CCC(C)NC(=O)CCNc1cccc(N)c1[N+](=O)[O-]. The number of nitro benzene ring substituents is 1. The number of carbonyl (C=O) groups excluding carboxylic acids is 1. The van der Waals surface area contributed by atoms with Crippen LogP contribution in [-0.4, -0.2) is 23.4 Å². The van der Waals surface area contributed by atoms with E-state index in [1.54, 1.807) is 12.1 Å². The Bertz CT molecular complexity index is 491. The molecule has 0 saturated carbocycles. The molecule has 0 aromatic heterocycles. The Morgan fingerprint density at radius 3 is 2.80 bits per heavy atom. The lowest BCUT2D eigenvalue weighted by atomic mass is 10.2. The minimum absolute atomic E-state index is 0.0848. The number of nitro groups is 1. The standard InChI is InChI=1S/C13H20N4O3/c1-3-9(2)16-12(18)7-8-15-11-6-4-5-10(14)13(11)17(19)20/h4-6,9,15H,3,7-8,14H2,1-2H3,(H,16,18). The van der Waals surface area contributed by atoms with Crippen LogP contribution >= 0.6 is 0 Å². The fourth-order valence-electron chi connectivity index (χ4n) is 1.67.